The van der Waals surface area contributed by atoms with Crippen LogP contribution in [0.15, 0.2) is 35.7 Å². The number of aryl methyl sites for hydroxylation is 2. The lowest BCUT2D eigenvalue weighted by molar-refractivity contribution is 0.0691. The van der Waals surface area contributed by atoms with Crippen molar-refractivity contribution in [2.24, 2.45) is 5.92 Å². The molecule has 0 unspecified atom stereocenters. The Kier molecular flexibility index (Phi) is 4.72. The second kappa shape index (κ2) is 7.16. The van der Waals surface area contributed by atoms with Crippen LogP contribution in [0, 0.1) is 19.8 Å². The molecular weight excluding hydrogens is 342 g/mol. The zero-order valence-corrected chi connectivity index (χ0v) is 16.1. The molecule has 0 spiro atoms. The predicted octanol–water partition coefficient (Wildman–Crippen LogP) is 4.40. The monoisotopic (exact) mass is 365 g/mol. The molecule has 1 aliphatic rings. The maximum atomic E-state index is 12.9. The van der Waals surface area contributed by atoms with Gasteiger partial charge in [-0.05, 0) is 68.7 Å². The molecule has 3 aromatic rings. The van der Waals surface area contributed by atoms with Crippen LogP contribution in [0.25, 0.3) is 11.0 Å². The third kappa shape index (κ3) is 3.49. The number of carbonyl (C=O) groups is 1. The minimum Gasteiger partial charge on any atom is -0.339 e. The van der Waals surface area contributed by atoms with Gasteiger partial charge in [0.05, 0.1) is 22.4 Å². The van der Waals surface area contributed by atoms with Gasteiger partial charge >= 0.3 is 0 Å². The summed E-state index contributed by atoms with van der Waals surface area (Å²) in [6.07, 6.45) is 3.30. The van der Waals surface area contributed by atoms with E-state index in [0.717, 1.165) is 54.8 Å². The van der Waals surface area contributed by atoms with Crippen LogP contribution >= 0.6 is 11.3 Å². The number of carbonyl (C=O) groups excluding carboxylic acids is 1. The number of rotatable bonds is 3. The number of piperidine rings is 1. The highest BCUT2D eigenvalue weighted by Crippen LogP contribution is 2.25. The molecule has 0 aliphatic carbocycles. The van der Waals surface area contributed by atoms with Crippen molar-refractivity contribution in [2.75, 3.05) is 13.1 Å². The van der Waals surface area contributed by atoms with E-state index in [1.807, 2.05) is 48.3 Å². The number of likely N-dealkylation sites (tertiary alicyclic amines) is 1. The summed E-state index contributed by atoms with van der Waals surface area (Å²) >= 11 is 1.83. The van der Waals surface area contributed by atoms with Crippen molar-refractivity contribution in [3.05, 3.63) is 57.5 Å². The third-order valence-corrected chi connectivity index (χ3v) is 6.19. The van der Waals surface area contributed by atoms with Gasteiger partial charge < -0.3 is 4.90 Å². The number of amides is 1. The molecule has 4 rings (SSSR count). The maximum Gasteiger partial charge on any atom is 0.253 e. The molecular formula is C21H23N3OS. The quantitative estimate of drug-likeness (QED) is 0.691. The van der Waals surface area contributed by atoms with Gasteiger partial charge in [-0.2, -0.15) is 0 Å². The van der Waals surface area contributed by atoms with Gasteiger partial charge in [0.15, 0.2) is 0 Å². The molecule has 0 radical (unpaired) electrons. The highest BCUT2D eigenvalue weighted by molar-refractivity contribution is 7.09. The van der Waals surface area contributed by atoms with Gasteiger partial charge in [-0.15, -0.1) is 11.3 Å². The van der Waals surface area contributed by atoms with Gasteiger partial charge in [-0.3, -0.25) is 4.79 Å². The largest absolute Gasteiger partial charge is 0.339 e. The van der Waals surface area contributed by atoms with Gasteiger partial charge in [0.2, 0.25) is 0 Å². The first-order valence-corrected chi connectivity index (χ1v) is 10.0. The van der Waals surface area contributed by atoms with Crippen LogP contribution in [0.1, 0.15) is 39.5 Å². The number of thiophene rings is 1. The Morgan fingerprint density at radius 3 is 2.54 bits per heavy atom. The fourth-order valence-electron chi connectivity index (χ4n) is 3.60. The molecule has 1 fully saturated rings. The lowest BCUT2D eigenvalue weighted by Crippen LogP contribution is -2.38. The van der Waals surface area contributed by atoms with Gasteiger partial charge in [-0.1, -0.05) is 6.07 Å². The van der Waals surface area contributed by atoms with E-state index in [4.69, 9.17) is 0 Å². The van der Waals surface area contributed by atoms with Crippen molar-refractivity contribution in [3.63, 3.8) is 0 Å². The van der Waals surface area contributed by atoms with E-state index in [2.05, 4.69) is 27.5 Å². The Bertz CT molecular complexity index is 928. The zero-order chi connectivity index (χ0) is 18.1. The molecule has 26 heavy (non-hydrogen) atoms. The van der Waals surface area contributed by atoms with E-state index in [1.165, 1.54) is 4.88 Å². The fourth-order valence-corrected chi connectivity index (χ4v) is 4.42. The lowest BCUT2D eigenvalue weighted by Gasteiger charge is -2.32. The van der Waals surface area contributed by atoms with E-state index in [0.29, 0.717) is 11.5 Å². The van der Waals surface area contributed by atoms with Crippen LogP contribution in [0.3, 0.4) is 0 Å². The van der Waals surface area contributed by atoms with E-state index < -0.39 is 0 Å². The third-order valence-electron chi connectivity index (χ3n) is 5.29. The molecule has 1 aliphatic heterocycles. The average Bonchev–Trinajstić information content (AvgIpc) is 3.15. The number of nitrogens with zero attached hydrogens (tertiary/aromatic N) is 3. The molecule has 3 heterocycles. The first-order chi connectivity index (χ1) is 12.6. The summed E-state index contributed by atoms with van der Waals surface area (Å²) < 4.78 is 0. The molecule has 134 valence electrons. The maximum absolute atomic E-state index is 12.9. The van der Waals surface area contributed by atoms with Gasteiger partial charge in [0, 0.05) is 23.5 Å². The fraction of sp³-hybridized carbons (Fsp3) is 0.381. The highest BCUT2D eigenvalue weighted by atomic mass is 32.1. The topological polar surface area (TPSA) is 46.1 Å². The molecule has 0 bridgehead atoms. The molecule has 0 atom stereocenters. The van der Waals surface area contributed by atoms with Crippen LogP contribution in [-0.2, 0) is 6.42 Å². The molecule has 0 saturated carbocycles. The minimum absolute atomic E-state index is 0.113. The average molecular weight is 366 g/mol. The predicted molar refractivity (Wildman–Crippen MR) is 106 cm³/mol. The summed E-state index contributed by atoms with van der Waals surface area (Å²) in [6.45, 7) is 5.59. The van der Waals surface area contributed by atoms with E-state index in [9.17, 15) is 4.79 Å². The van der Waals surface area contributed by atoms with Crippen molar-refractivity contribution in [3.8, 4) is 0 Å². The van der Waals surface area contributed by atoms with Crippen LogP contribution < -0.4 is 0 Å². The van der Waals surface area contributed by atoms with Crippen LogP contribution in [-0.4, -0.2) is 33.9 Å². The summed E-state index contributed by atoms with van der Waals surface area (Å²) in [5.41, 5.74) is 4.21. The van der Waals surface area contributed by atoms with Gasteiger partial charge in [0.1, 0.15) is 0 Å². The number of aromatic nitrogens is 2. The first kappa shape index (κ1) is 17.2. The molecule has 5 heteroatoms. The van der Waals surface area contributed by atoms with Crippen molar-refractivity contribution < 1.29 is 4.79 Å². The minimum atomic E-state index is 0.113. The molecule has 1 saturated heterocycles. The lowest BCUT2D eigenvalue weighted by atomic mass is 9.92. The van der Waals surface area contributed by atoms with Crippen molar-refractivity contribution >= 4 is 28.3 Å². The van der Waals surface area contributed by atoms with E-state index >= 15 is 0 Å². The SMILES string of the molecule is Cc1nc2ccc(C(=O)N3CCC(Cc4cccs4)CC3)cc2nc1C. The number of fused-ring (bicyclic) bond motifs is 1. The Labute approximate surface area is 157 Å². The highest BCUT2D eigenvalue weighted by Gasteiger charge is 2.24. The molecule has 2 aromatic heterocycles. The van der Waals surface area contributed by atoms with E-state index in [-0.39, 0.29) is 5.91 Å². The smallest absolute Gasteiger partial charge is 0.253 e. The van der Waals surface area contributed by atoms with Gasteiger partial charge in [0.25, 0.3) is 5.91 Å². The summed E-state index contributed by atoms with van der Waals surface area (Å²) in [6, 6.07) is 10.00. The van der Waals surface area contributed by atoms with Crippen LogP contribution in [0.2, 0.25) is 0 Å². The molecule has 1 amide bonds. The summed E-state index contributed by atoms with van der Waals surface area (Å²) in [7, 11) is 0. The summed E-state index contributed by atoms with van der Waals surface area (Å²) in [5, 5.41) is 2.14. The Hall–Kier alpha value is -2.27. The summed E-state index contributed by atoms with van der Waals surface area (Å²) in [4.78, 5) is 25.5. The normalized spacial score (nSPS) is 15.5. The second-order valence-electron chi connectivity index (χ2n) is 7.12. The van der Waals surface area contributed by atoms with Crippen molar-refractivity contribution in [1.29, 1.82) is 0 Å². The Morgan fingerprint density at radius 2 is 1.85 bits per heavy atom. The number of hydrogen-bond donors (Lipinski definition) is 0. The number of benzene rings is 1. The van der Waals surface area contributed by atoms with Crippen molar-refractivity contribution in [2.45, 2.75) is 33.1 Å². The standard InChI is InChI=1S/C21H23N3OS/c1-14-15(2)23-20-13-17(5-6-19(20)22-14)21(25)24-9-7-16(8-10-24)12-18-4-3-11-26-18/h3-6,11,13,16H,7-10,12H2,1-2H3. The van der Waals surface area contributed by atoms with Crippen LogP contribution in [0.5, 0.6) is 0 Å². The Morgan fingerprint density at radius 1 is 1.12 bits per heavy atom. The molecule has 1 aromatic carbocycles. The van der Waals surface area contributed by atoms with Crippen LogP contribution in [0.4, 0.5) is 0 Å². The molecule has 4 nitrogen and oxygen atoms in total. The zero-order valence-electron chi connectivity index (χ0n) is 15.2. The molecule has 0 N–H and O–H groups in total. The summed E-state index contributed by atoms with van der Waals surface area (Å²) in [5.74, 6) is 0.798. The Balaban J connectivity index is 1.44. The first-order valence-electron chi connectivity index (χ1n) is 9.17. The van der Waals surface area contributed by atoms with Crippen molar-refractivity contribution in [1.82, 2.24) is 14.9 Å². The van der Waals surface area contributed by atoms with Gasteiger partial charge in [-0.25, -0.2) is 9.97 Å². The second-order valence-corrected chi connectivity index (χ2v) is 8.15. The van der Waals surface area contributed by atoms with E-state index in [1.54, 1.807) is 0 Å². The number of hydrogen-bond acceptors (Lipinski definition) is 4.